The quantitative estimate of drug-likeness (QED) is 0.326. The number of aliphatic hydroxyl groups is 1. The first-order valence-corrected chi connectivity index (χ1v) is 14.4. The molecule has 0 aliphatic carbocycles. The van der Waals surface area contributed by atoms with Crippen LogP contribution in [0, 0.1) is 17.1 Å². The summed E-state index contributed by atoms with van der Waals surface area (Å²) in [7, 11) is 1.88. The van der Waals surface area contributed by atoms with Gasteiger partial charge in [-0.05, 0) is 49.2 Å². The first-order chi connectivity index (χ1) is 19.8. The topological polar surface area (TPSA) is 126 Å². The average molecular weight is 576 g/mol. The summed E-state index contributed by atoms with van der Waals surface area (Å²) in [5, 5.41) is 28.1. The fourth-order valence-corrected chi connectivity index (χ4v) is 6.11. The highest BCUT2D eigenvalue weighted by molar-refractivity contribution is 7.16. The number of rotatable bonds is 8. The maximum Gasteiger partial charge on any atom is 0.236 e. The number of benzene rings is 1. The number of thiazole rings is 1. The van der Waals surface area contributed by atoms with Crippen LogP contribution in [0.2, 0.25) is 0 Å². The second kappa shape index (κ2) is 11.0. The monoisotopic (exact) mass is 575 g/mol. The molecule has 0 bridgehead atoms. The Morgan fingerprint density at radius 1 is 1.22 bits per heavy atom. The summed E-state index contributed by atoms with van der Waals surface area (Å²) in [5.41, 5.74) is 2.75. The lowest BCUT2D eigenvalue weighted by atomic mass is 10.1. The van der Waals surface area contributed by atoms with Crippen LogP contribution in [0.15, 0.2) is 36.4 Å². The van der Waals surface area contributed by atoms with E-state index < -0.39 is 6.10 Å². The van der Waals surface area contributed by atoms with Gasteiger partial charge in [-0.15, -0.1) is 5.10 Å². The number of nitriles is 1. The highest BCUT2D eigenvalue weighted by Crippen LogP contribution is 2.37. The van der Waals surface area contributed by atoms with E-state index in [4.69, 9.17) is 15.1 Å². The number of amides is 1. The number of carbonyl (C=O) groups excluding carboxylic acids is 1. The zero-order valence-electron chi connectivity index (χ0n) is 22.8. The van der Waals surface area contributed by atoms with Crippen LogP contribution in [0.5, 0.6) is 0 Å². The van der Waals surface area contributed by atoms with Gasteiger partial charge in [-0.2, -0.15) is 9.78 Å². The van der Waals surface area contributed by atoms with Crippen molar-refractivity contribution in [3.63, 3.8) is 0 Å². The molecule has 0 saturated carbocycles. The van der Waals surface area contributed by atoms with Gasteiger partial charge >= 0.3 is 0 Å². The van der Waals surface area contributed by atoms with Gasteiger partial charge in [0, 0.05) is 44.8 Å². The maximum absolute atomic E-state index is 13.5. The molecular formula is C28H30FN9O2S. The van der Waals surface area contributed by atoms with Crippen LogP contribution in [0.4, 0.5) is 21.2 Å². The van der Waals surface area contributed by atoms with Gasteiger partial charge in [-0.25, -0.2) is 14.4 Å². The minimum absolute atomic E-state index is 0.0100. The molecule has 1 unspecified atom stereocenters. The molecule has 1 amide bonds. The van der Waals surface area contributed by atoms with Crippen LogP contribution in [-0.4, -0.2) is 87.4 Å². The van der Waals surface area contributed by atoms with E-state index >= 15 is 0 Å². The molecule has 212 valence electrons. The van der Waals surface area contributed by atoms with Crippen LogP contribution < -0.4 is 15.1 Å². The molecule has 2 saturated heterocycles. The summed E-state index contributed by atoms with van der Waals surface area (Å²) >= 11 is 1.27. The van der Waals surface area contributed by atoms with E-state index in [1.807, 2.05) is 35.5 Å². The number of nitrogens with zero attached hydrogens (tertiary/aromatic N) is 8. The van der Waals surface area contributed by atoms with Crippen molar-refractivity contribution in [1.29, 1.82) is 5.26 Å². The molecule has 2 fully saturated rings. The van der Waals surface area contributed by atoms with Gasteiger partial charge in [0.05, 0.1) is 18.3 Å². The molecule has 5 heterocycles. The number of carbonyl (C=O) groups is 1. The Kier molecular flexibility index (Phi) is 7.29. The lowest BCUT2D eigenvalue weighted by molar-refractivity contribution is -0.140. The van der Waals surface area contributed by atoms with Crippen molar-refractivity contribution in [3.05, 3.63) is 52.8 Å². The Morgan fingerprint density at radius 3 is 2.71 bits per heavy atom. The summed E-state index contributed by atoms with van der Waals surface area (Å²) in [5.74, 6) is 1.24. The molecule has 2 aliphatic rings. The standard InChI is InChI=1S/C28H30FN9O2S/c1-3-21-27(35(2)28-33-26(22(12-30)41-28)17-4-6-18(29)7-5-17)38-23(32-21)8-9-24(34-38)36-11-10-19(14-36)31-13-25(40)37-15-20(39)16-37/h4-9,19-20,31,39H,3,10-11,13-16H2,1-2H3. The highest BCUT2D eigenvalue weighted by atomic mass is 32.1. The van der Waals surface area contributed by atoms with Gasteiger partial charge < -0.3 is 25.1 Å². The number of hydrogen-bond acceptors (Lipinski definition) is 10. The number of anilines is 3. The molecule has 0 radical (unpaired) electrons. The Labute approximate surface area is 240 Å². The molecular weight excluding hydrogens is 545 g/mol. The summed E-state index contributed by atoms with van der Waals surface area (Å²) < 4.78 is 15.3. The Morgan fingerprint density at radius 2 is 2.00 bits per heavy atom. The van der Waals surface area contributed by atoms with Crippen molar-refractivity contribution in [2.24, 2.45) is 0 Å². The molecule has 2 N–H and O–H groups in total. The lowest BCUT2D eigenvalue weighted by Gasteiger charge is -2.36. The molecule has 11 nitrogen and oxygen atoms in total. The number of imidazole rings is 1. The number of halogens is 1. The zero-order chi connectivity index (χ0) is 28.7. The van der Waals surface area contributed by atoms with Gasteiger partial charge in [-0.1, -0.05) is 18.3 Å². The van der Waals surface area contributed by atoms with Crippen molar-refractivity contribution in [2.75, 3.05) is 49.6 Å². The fraction of sp³-hybridized carbons (Fsp3) is 0.393. The molecule has 6 rings (SSSR count). The van der Waals surface area contributed by atoms with Gasteiger partial charge in [0.25, 0.3) is 0 Å². The third-order valence-corrected chi connectivity index (χ3v) is 8.59. The first kappa shape index (κ1) is 27.1. The van der Waals surface area contributed by atoms with Gasteiger partial charge in [0.1, 0.15) is 28.3 Å². The number of aryl methyl sites for hydroxylation is 1. The third-order valence-electron chi connectivity index (χ3n) is 7.55. The average Bonchev–Trinajstić information content (AvgIpc) is 3.70. The molecule has 13 heteroatoms. The Bertz CT molecular complexity index is 1620. The normalized spacial score (nSPS) is 17.2. The lowest BCUT2D eigenvalue weighted by Crippen LogP contribution is -2.56. The number of likely N-dealkylation sites (tertiary alicyclic amines) is 1. The van der Waals surface area contributed by atoms with Crippen molar-refractivity contribution in [3.8, 4) is 17.3 Å². The number of nitrogens with one attached hydrogen (secondary N) is 1. The van der Waals surface area contributed by atoms with E-state index in [-0.39, 0.29) is 24.3 Å². The predicted octanol–water partition coefficient (Wildman–Crippen LogP) is 2.57. The van der Waals surface area contributed by atoms with Crippen LogP contribution in [0.3, 0.4) is 0 Å². The van der Waals surface area contributed by atoms with Crippen molar-refractivity contribution >= 4 is 39.7 Å². The number of aliphatic hydroxyl groups excluding tert-OH is 1. The zero-order valence-corrected chi connectivity index (χ0v) is 23.6. The first-order valence-electron chi connectivity index (χ1n) is 13.6. The minimum atomic E-state index is -0.400. The van der Waals surface area contributed by atoms with E-state index in [1.165, 1.54) is 23.5 Å². The van der Waals surface area contributed by atoms with Crippen LogP contribution in [-0.2, 0) is 11.2 Å². The minimum Gasteiger partial charge on any atom is -0.389 e. The van der Waals surface area contributed by atoms with E-state index in [0.717, 1.165) is 30.3 Å². The van der Waals surface area contributed by atoms with Crippen molar-refractivity contribution in [2.45, 2.75) is 31.9 Å². The number of β-amino-alcohol motifs (C(OH)–C–C–N with tert-alkyl or cyclic N) is 1. The molecule has 1 aromatic carbocycles. The SMILES string of the molecule is CCc1nc2ccc(N3CCC(NCC(=O)N4CC(O)C4)C3)nn2c1N(C)c1nc(-c2ccc(F)cc2)c(C#N)s1. The van der Waals surface area contributed by atoms with Crippen LogP contribution in [0.1, 0.15) is 23.9 Å². The second-order valence-electron chi connectivity index (χ2n) is 10.3. The maximum atomic E-state index is 13.5. The molecule has 0 spiro atoms. The summed E-state index contributed by atoms with van der Waals surface area (Å²) in [6.45, 7) is 4.63. The van der Waals surface area contributed by atoms with Crippen molar-refractivity contribution in [1.82, 2.24) is 29.8 Å². The predicted molar refractivity (Wildman–Crippen MR) is 154 cm³/mol. The molecule has 41 heavy (non-hydrogen) atoms. The molecule has 3 aromatic heterocycles. The smallest absolute Gasteiger partial charge is 0.236 e. The Balaban J connectivity index is 1.23. The number of aromatic nitrogens is 4. The van der Waals surface area contributed by atoms with E-state index in [2.05, 4.69) is 16.3 Å². The van der Waals surface area contributed by atoms with Crippen LogP contribution >= 0.6 is 11.3 Å². The summed E-state index contributed by atoms with van der Waals surface area (Å²) in [6, 6.07) is 12.3. The van der Waals surface area contributed by atoms with Gasteiger partial charge in [0.2, 0.25) is 5.91 Å². The highest BCUT2D eigenvalue weighted by Gasteiger charge is 2.30. The largest absolute Gasteiger partial charge is 0.389 e. The van der Waals surface area contributed by atoms with E-state index in [9.17, 15) is 19.6 Å². The summed E-state index contributed by atoms with van der Waals surface area (Å²) in [4.78, 5) is 28.0. The van der Waals surface area contributed by atoms with Crippen LogP contribution in [0.25, 0.3) is 16.9 Å². The van der Waals surface area contributed by atoms with Crippen molar-refractivity contribution < 1.29 is 14.3 Å². The molecule has 2 aliphatic heterocycles. The molecule has 1 atom stereocenters. The fourth-order valence-electron chi connectivity index (χ4n) is 5.26. The second-order valence-corrected chi connectivity index (χ2v) is 11.3. The van der Waals surface area contributed by atoms with E-state index in [1.54, 1.807) is 17.0 Å². The van der Waals surface area contributed by atoms with Gasteiger partial charge in [-0.3, -0.25) is 4.79 Å². The molecule has 4 aromatic rings. The van der Waals surface area contributed by atoms with Gasteiger partial charge in [0.15, 0.2) is 16.6 Å². The third kappa shape index (κ3) is 5.21. The number of fused-ring (bicyclic) bond motifs is 1. The number of hydrogen-bond donors (Lipinski definition) is 2. The van der Waals surface area contributed by atoms with E-state index in [0.29, 0.717) is 53.0 Å². The summed E-state index contributed by atoms with van der Waals surface area (Å²) in [6.07, 6.45) is 1.16. The Hall–Kier alpha value is -4.12.